The van der Waals surface area contributed by atoms with Gasteiger partial charge in [0.05, 0.1) is 40.9 Å². The molecule has 32 heavy (non-hydrogen) atoms. The number of nitrogens with one attached hydrogen (secondary N) is 1. The van der Waals surface area contributed by atoms with E-state index in [1.165, 1.54) is 0 Å². The van der Waals surface area contributed by atoms with Crippen LogP contribution in [0, 0.1) is 0 Å². The number of para-hydroxylation sites is 1. The van der Waals surface area contributed by atoms with Gasteiger partial charge in [-0.2, -0.15) is 4.68 Å². The summed E-state index contributed by atoms with van der Waals surface area (Å²) >= 11 is 6.58. The van der Waals surface area contributed by atoms with Crippen LogP contribution in [0.1, 0.15) is 43.8 Å². The standard InChI is InChI=1S/C22H24ClN7O2/c23-15-6-3-8-18-19(15)28(11-14-5-1-2-10-32-14)22(31)20-21(25-13-29(18)20)30-12-17(26-27-30)16-7-4-9-24-16/h3,6,8,12-14,16,24H,1-2,4-5,7,9-11H2. The molecule has 2 fully saturated rings. The molecule has 10 heteroatoms. The largest absolute Gasteiger partial charge is 0.376 e. The van der Waals surface area contributed by atoms with Crippen molar-refractivity contribution in [2.75, 3.05) is 13.2 Å². The molecule has 5 heterocycles. The Balaban J connectivity index is 1.53. The minimum Gasteiger partial charge on any atom is -0.376 e. The van der Waals surface area contributed by atoms with Gasteiger partial charge < -0.3 is 14.6 Å². The maximum Gasteiger partial charge on any atom is 0.279 e. The van der Waals surface area contributed by atoms with Crippen LogP contribution >= 0.6 is 11.6 Å². The summed E-state index contributed by atoms with van der Waals surface area (Å²) in [7, 11) is 0. The zero-order valence-electron chi connectivity index (χ0n) is 17.6. The van der Waals surface area contributed by atoms with Crippen molar-refractivity contribution < 1.29 is 4.74 Å². The molecule has 2 aliphatic heterocycles. The molecule has 0 saturated carbocycles. The van der Waals surface area contributed by atoms with Gasteiger partial charge in [-0.3, -0.25) is 9.20 Å². The molecular formula is C22H24ClN7O2. The number of nitrogens with zero attached hydrogens (tertiary/aromatic N) is 6. The van der Waals surface area contributed by atoms with Crippen molar-refractivity contribution in [1.29, 1.82) is 0 Å². The average Bonchev–Trinajstić information content (AvgIpc) is 3.57. The van der Waals surface area contributed by atoms with Crippen LogP contribution < -0.4 is 10.9 Å². The third-order valence-corrected chi connectivity index (χ3v) is 6.80. The Kier molecular flexibility index (Phi) is 4.97. The predicted octanol–water partition coefficient (Wildman–Crippen LogP) is 2.88. The SMILES string of the molecule is O=c1c2c(-n3cc(C4CCCN4)nn3)ncn2c2cccc(Cl)c2n1CC1CCCCO1. The van der Waals surface area contributed by atoms with Gasteiger partial charge in [-0.05, 0) is 50.8 Å². The van der Waals surface area contributed by atoms with Gasteiger partial charge in [-0.25, -0.2) is 4.98 Å². The highest BCUT2D eigenvalue weighted by Crippen LogP contribution is 2.27. The lowest BCUT2D eigenvalue weighted by Crippen LogP contribution is -2.32. The fraction of sp³-hybridized carbons (Fsp3) is 0.455. The van der Waals surface area contributed by atoms with Crippen LogP contribution in [-0.2, 0) is 11.3 Å². The molecule has 2 unspecified atom stereocenters. The fourth-order valence-corrected chi connectivity index (χ4v) is 5.16. The lowest BCUT2D eigenvalue weighted by atomic mass is 10.1. The molecule has 2 aliphatic rings. The molecule has 1 N–H and O–H groups in total. The summed E-state index contributed by atoms with van der Waals surface area (Å²) < 4.78 is 11.1. The summed E-state index contributed by atoms with van der Waals surface area (Å²) in [5, 5.41) is 12.6. The molecule has 0 spiro atoms. The highest BCUT2D eigenvalue weighted by Gasteiger charge is 2.24. The van der Waals surface area contributed by atoms with Crippen LogP contribution in [0.5, 0.6) is 0 Å². The number of halogens is 1. The van der Waals surface area contributed by atoms with Crippen molar-refractivity contribution in [3.8, 4) is 5.82 Å². The van der Waals surface area contributed by atoms with Crippen molar-refractivity contribution in [2.24, 2.45) is 0 Å². The first kappa shape index (κ1) is 19.9. The van der Waals surface area contributed by atoms with E-state index < -0.39 is 0 Å². The molecule has 0 radical (unpaired) electrons. The number of benzene rings is 1. The summed E-state index contributed by atoms with van der Waals surface area (Å²) in [6.45, 7) is 2.16. The van der Waals surface area contributed by atoms with Crippen molar-refractivity contribution in [3.63, 3.8) is 0 Å². The summed E-state index contributed by atoms with van der Waals surface area (Å²) in [6, 6.07) is 5.84. The van der Waals surface area contributed by atoms with Crippen molar-refractivity contribution >= 4 is 28.2 Å². The molecule has 0 amide bonds. The van der Waals surface area contributed by atoms with Gasteiger partial charge in [0, 0.05) is 6.61 Å². The zero-order chi connectivity index (χ0) is 21.7. The first-order valence-corrected chi connectivity index (χ1v) is 11.5. The van der Waals surface area contributed by atoms with E-state index in [0.29, 0.717) is 28.4 Å². The number of fused-ring (bicyclic) bond motifs is 3. The Bertz CT molecular complexity index is 1350. The predicted molar refractivity (Wildman–Crippen MR) is 120 cm³/mol. The minimum atomic E-state index is -0.164. The quantitative estimate of drug-likeness (QED) is 0.511. The van der Waals surface area contributed by atoms with Gasteiger partial charge in [0.25, 0.3) is 5.56 Å². The number of rotatable bonds is 4. The summed E-state index contributed by atoms with van der Waals surface area (Å²) in [4.78, 5) is 18.4. The van der Waals surface area contributed by atoms with Gasteiger partial charge in [0.1, 0.15) is 12.0 Å². The van der Waals surface area contributed by atoms with Gasteiger partial charge in [0.15, 0.2) is 11.3 Å². The summed E-state index contributed by atoms with van der Waals surface area (Å²) in [5.41, 5.74) is 2.66. The third kappa shape index (κ3) is 3.23. The van der Waals surface area contributed by atoms with E-state index in [-0.39, 0.29) is 17.7 Å². The number of imidazole rings is 1. The molecule has 0 bridgehead atoms. The second kappa shape index (κ2) is 7.99. The summed E-state index contributed by atoms with van der Waals surface area (Å²) in [6.07, 6.45) is 8.73. The van der Waals surface area contributed by atoms with Gasteiger partial charge >= 0.3 is 0 Å². The Morgan fingerprint density at radius 2 is 2.12 bits per heavy atom. The highest BCUT2D eigenvalue weighted by molar-refractivity contribution is 6.35. The van der Waals surface area contributed by atoms with E-state index >= 15 is 0 Å². The molecular weight excluding hydrogens is 430 g/mol. The normalized spacial score (nSPS) is 21.7. The van der Waals surface area contributed by atoms with Gasteiger partial charge in [0.2, 0.25) is 0 Å². The number of hydrogen-bond donors (Lipinski definition) is 1. The molecule has 4 aromatic rings. The number of hydrogen-bond acceptors (Lipinski definition) is 6. The van der Waals surface area contributed by atoms with E-state index in [1.807, 2.05) is 24.4 Å². The van der Waals surface area contributed by atoms with Crippen LogP contribution in [0.2, 0.25) is 5.02 Å². The number of aromatic nitrogens is 6. The second-order valence-electron chi connectivity index (χ2n) is 8.54. The second-order valence-corrected chi connectivity index (χ2v) is 8.94. The lowest BCUT2D eigenvalue weighted by molar-refractivity contribution is 0.00620. The Hall–Kier alpha value is -2.75. The molecule has 2 atom stereocenters. The van der Waals surface area contributed by atoms with E-state index in [2.05, 4.69) is 20.6 Å². The summed E-state index contributed by atoms with van der Waals surface area (Å²) in [5.74, 6) is 0.465. The maximum atomic E-state index is 13.8. The fourth-order valence-electron chi connectivity index (χ4n) is 4.89. The van der Waals surface area contributed by atoms with E-state index in [1.54, 1.807) is 20.0 Å². The molecule has 9 nitrogen and oxygen atoms in total. The molecule has 1 aromatic carbocycles. The monoisotopic (exact) mass is 453 g/mol. The van der Waals surface area contributed by atoms with Crippen molar-refractivity contribution in [3.05, 3.63) is 51.8 Å². The first-order valence-electron chi connectivity index (χ1n) is 11.2. The minimum absolute atomic E-state index is 0.0128. The van der Waals surface area contributed by atoms with E-state index in [9.17, 15) is 4.79 Å². The van der Waals surface area contributed by atoms with Crippen LogP contribution in [0.4, 0.5) is 0 Å². The Morgan fingerprint density at radius 1 is 1.19 bits per heavy atom. The first-order chi connectivity index (χ1) is 15.7. The van der Waals surface area contributed by atoms with Gasteiger partial charge in [-0.1, -0.05) is 22.9 Å². The Labute approximate surface area is 188 Å². The van der Waals surface area contributed by atoms with Crippen LogP contribution in [-0.4, -0.2) is 48.2 Å². The highest BCUT2D eigenvalue weighted by atomic mass is 35.5. The molecule has 2 saturated heterocycles. The third-order valence-electron chi connectivity index (χ3n) is 6.50. The lowest BCUT2D eigenvalue weighted by Gasteiger charge is -2.24. The molecule has 0 aliphatic carbocycles. The zero-order valence-corrected chi connectivity index (χ0v) is 18.3. The van der Waals surface area contributed by atoms with E-state index in [4.69, 9.17) is 16.3 Å². The molecule has 166 valence electrons. The average molecular weight is 454 g/mol. The van der Waals surface area contributed by atoms with Crippen molar-refractivity contribution in [1.82, 2.24) is 34.3 Å². The Morgan fingerprint density at radius 3 is 2.94 bits per heavy atom. The maximum absolute atomic E-state index is 13.8. The van der Waals surface area contributed by atoms with Crippen LogP contribution in [0.15, 0.2) is 35.5 Å². The smallest absolute Gasteiger partial charge is 0.279 e. The molecule has 6 rings (SSSR count). The molecule has 3 aromatic heterocycles. The van der Waals surface area contributed by atoms with Gasteiger partial charge in [-0.15, -0.1) is 5.10 Å². The van der Waals surface area contributed by atoms with E-state index in [0.717, 1.165) is 56.5 Å². The van der Waals surface area contributed by atoms with Crippen LogP contribution in [0.3, 0.4) is 0 Å². The number of ether oxygens (including phenoxy) is 1. The van der Waals surface area contributed by atoms with Crippen molar-refractivity contribution in [2.45, 2.75) is 50.8 Å². The van der Waals surface area contributed by atoms with Crippen LogP contribution in [0.25, 0.3) is 22.4 Å². The topological polar surface area (TPSA) is 91.3 Å².